The van der Waals surface area contributed by atoms with Gasteiger partial charge in [-0.2, -0.15) is 0 Å². The number of fused-ring (bicyclic) bond motifs is 1. The van der Waals surface area contributed by atoms with Crippen LogP contribution in [-0.4, -0.2) is 19.0 Å². The van der Waals surface area contributed by atoms with Crippen LogP contribution in [-0.2, 0) is 11.2 Å². The maximum absolute atomic E-state index is 12.8. The van der Waals surface area contributed by atoms with Gasteiger partial charge in [0.1, 0.15) is 0 Å². The first-order valence-electron chi connectivity index (χ1n) is 8.81. The van der Waals surface area contributed by atoms with Gasteiger partial charge >= 0.3 is 0 Å². The number of nitrogens with two attached hydrogens (primary N) is 1. The van der Waals surface area contributed by atoms with E-state index in [0.717, 1.165) is 30.8 Å². The fourth-order valence-corrected chi connectivity index (χ4v) is 4.46. The van der Waals surface area contributed by atoms with E-state index in [0.29, 0.717) is 6.54 Å². The van der Waals surface area contributed by atoms with Crippen LogP contribution in [0.1, 0.15) is 43.7 Å². The van der Waals surface area contributed by atoms with Crippen molar-refractivity contribution < 1.29 is 4.79 Å². The third-order valence-electron chi connectivity index (χ3n) is 4.72. The van der Waals surface area contributed by atoms with E-state index in [1.165, 1.54) is 10.4 Å². The summed E-state index contributed by atoms with van der Waals surface area (Å²) in [7, 11) is 0. The van der Waals surface area contributed by atoms with Gasteiger partial charge in [0.15, 0.2) is 0 Å². The van der Waals surface area contributed by atoms with E-state index in [1.807, 2.05) is 18.2 Å². The van der Waals surface area contributed by atoms with Gasteiger partial charge in [-0.05, 0) is 47.4 Å². The zero-order valence-corrected chi connectivity index (χ0v) is 16.0. The Kier molecular flexibility index (Phi) is 5.04. The number of hydrogen-bond acceptors (Lipinski definition) is 4. The van der Waals surface area contributed by atoms with Gasteiger partial charge in [0.2, 0.25) is 5.91 Å². The zero-order valence-electron chi connectivity index (χ0n) is 15.2. The van der Waals surface area contributed by atoms with Crippen molar-refractivity contribution >= 4 is 28.6 Å². The molecule has 1 aromatic heterocycles. The highest BCUT2D eigenvalue weighted by Gasteiger charge is 2.29. The first-order valence-corrected chi connectivity index (χ1v) is 9.69. The third kappa shape index (κ3) is 3.98. The second-order valence-corrected chi connectivity index (χ2v) is 8.73. The molecule has 1 unspecified atom stereocenters. The largest absolute Gasteiger partial charge is 0.398 e. The minimum Gasteiger partial charge on any atom is -0.398 e. The normalized spacial score (nSPS) is 15.6. The highest BCUT2D eigenvalue weighted by atomic mass is 32.1. The molecule has 1 atom stereocenters. The van der Waals surface area contributed by atoms with Crippen LogP contribution >= 0.6 is 11.3 Å². The molecule has 0 bridgehead atoms. The van der Waals surface area contributed by atoms with Crippen molar-refractivity contribution in [3.8, 4) is 0 Å². The van der Waals surface area contributed by atoms with Gasteiger partial charge in [0.05, 0.1) is 12.6 Å². The topological polar surface area (TPSA) is 58.4 Å². The van der Waals surface area contributed by atoms with Gasteiger partial charge in [0.25, 0.3) is 0 Å². The van der Waals surface area contributed by atoms with Gasteiger partial charge in [-0.15, -0.1) is 11.3 Å². The molecular formula is C20H27N3OS. The lowest BCUT2D eigenvalue weighted by atomic mass is 9.85. The molecule has 1 aromatic carbocycles. The van der Waals surface area contributed by atoms with Crippen LogP contribution in [0.2, 0.25) is 0 Å². The molecule has 4 nitrogen and oxygen atoms in total. The van der Waals surface area contributed by atoms with Crippen LogP contribution in [0, 0.1) is 5.41 Å². The summed E-state index contributed by atoms with van der Waals surface area (Å²) in [6.07, 6.45) is 2.02. The average Bonchev–Trinajstić information content (AvgIpc) is 3.06. The summed E-state index contributed by atoms with van der Waals surface area (Å²) in [5, 5.41) is 5.31. The Morgan fingerprint density at radius 3 is 2.80 bits per heavy atom. The van der Waals surface area contributed by atoms with Crippen molar-refractivity contribution in [2.45, 2.75) is 39.7 Å². The number of carbonyl (C=O) groups excluding carboxylic acids is 1. The fraction of sp³-hybridized carbons (Fsp3) is 0.450. The molecule has 3 N–H and O–H groups in total. The number of hydrogen-bond donors (Lipinski definition) is 2. The Morgan fingerprint density at radius 1 is 1.32 bits per heavy atom. The third-order valence-corrected chi connectivity index (χ3v) is 5.65. The molecule has 2 aromatic rings. The summed E-state index contributed by atoms with van der Waals surface area (Å²) < 4.78 is 0. The molecule has 2 heterocycles. The summed E-state index contributed by atoms with van der Waals surface area (Å²) in [6, 6.07) is 10.1. The van der Waals surface area contributed by atoms with Gasteiger partial charge in [-0.25, -0.2) is 0 Å². The number of benzene rings is 1. The quantitative estimate of drug-likeness (QED) is 0.814. The Balaban J connectivity index is 1.74. The first-order chi connectivity index (χ1) is 11.9. The average molecular weight is 358 g/mol. The fourth-order valence-electron chi connectivity index (χ4n) is 3.44. The molecule has 1 aliphatic heterocycles. The molecule has 0 aliphatic carbocycles. The number of rotatable bonds is 4. The zero-order chi connectivity index (χ0) is 18.0. The van der Waals surface area contributed by atoms with Gasteiger partial charge in [0, 0.05) is 22.8 Å². The van der Waals surface area contributed by atoms with E-state index in [9.17, 15) is 4.79 Å². The molecule has 134 valence electrons. The van der Waals surface area contributed by atoms with Crippen LogP contribution in [0.25, 0.3) is 0 Å². The lowest BCUT2D eigenvalue weighted by Gasteiger charge is -2.34. The molecular weight excluding hydrogens is 330 g/mol. The second kappa shape index (κ2) is 7.08. The summed E-state index contributed by atoms with van der Waals surface area (Å²) in [4.78, 5) is 16.1. The van der Waals surface area contributed by atoms with E-state index in [1.54, 1.807) is 11.3 Å². The number of nitrogens with zero attached hydrogens (tertiary/aromatic N) is 1. The highest BCUT2D eigenvalue weighted by Crippen LogP contribution is 2.35. The van der Waals surface area contributed by atoms with Crippen molar-refractivity contribution in [2.75, 3.05) is 23.7 Å². The Labute approximate surface area is 154 Å². The lowest BCUT2D eigenvalue weighted by Crippen LogP contribution is -2.43. The summed E-state index contributed by atoms with van der Waals surface area (Å²) in [5.41, 5.74) is 9.18. The van der Waals surface area contributed by atoms with E-state index in [4.69, 9.17) is 5.73 Å². The van der Waals surface area contributed by atoms with Crippen LogP contribution in [0.15, 0.2) is 35.7 Å². The van der Waals surface area contributed by atoms with Crippen molar-refractivity contribution in [2.24, 2.45) is 5.41 Å². The number of anilines is 2. The predicted octanol–water partition coefficient (Wildman–Crippen LogP) is 3.99. The Morgan fingerprint density at radius 2 is 2.12 bits per heavy atom. The SMILES string of the molecule is CC(C)(C)C(NC(=O)CN1CCCc2c(N)cccc21)c1cccs1. The van der Waals surface area contributed by atoms with Crippen molar-refractivity contribution in [1.29, 1.82) is 0 Å². The maximum Gasteiger partial charge on any atom is 0.240 e. The molecule has 5 heteroatoms. The van der Waals surface area contributed by atoms with Gasteiger partial charge < -0.3 is 16.0 Å². The minimum absolute atomic E-state index is 0.0186. The van der Waals surface area contributed by atoms with Crippen molar-refractivity contribution in [3.05, 3.63) is 46.2 Å². The van der Waals surface area contributed by atoms with E-state index >= 15 is 0 Å². The molecule has 0 fully saturated rings. The molecule has 0 spiro atoms. The maximum atomic E-state index is 12.8. The summed E-state index contributed by atoms with van der Waals surface area (Å²) in [6.45, 7) is 7.75. The molecule has 0 radical (unpaired) electrons. The Bertz CT molecular complexity index is 734. The smallest absolute Gasteiger partial charge is 0.240 e. The second-order valence-electron chi connectivity index (χ2n) is 7.75. The first kappa shape index (κ1) is 17.8. The standard InChI is InChI=1S/C20H27N3OS/c1-20(2,3)19(17-10-6-12-25-17)22-18(24)13-23-11-5-7-14-15(21)8-4-9-16(14)23/h4,6,8-10,12,19H,5,7,11,13,21H2,1-3H3,(H,22,24). The molecule has 25 heavy (non-hydrogen) atoms. The van der Waals surface area contributed by atoms with Gasteiger partial charge in [-0.3, -0.25) is 4.79 Å². The van der Waals surface area contributed by atoms with Gasteiger partial charge in [-0.1, -0.05) is 32.9 Å². The number of nitrogen functional groups attached to an aromatic ring is 1. The highest BCUT2D eigenvalue weighted by molar-refractivity contribution is 7.10. The Hall–Kier alpha value is -2.01. The summed E-state index contributed by atoms with van der Waals surface area (Å²) >= 11 is 1.69. The van der Waals surface area contributed by atoms with Crippen LogP contribution < -0.4 is 16.0 Å². The van der Waals surface area contributed by atoms with Crippen LogP contribution in [0.4, 0.5) is 11.4 Å². The lowest BCUT2D eigenvalue weighted by molar-refractivity contribution is -0.121. The molecule has 0 saturated carbocycles. The molecule has 1 aliphatic rings. The molecule has 1 amide bonds. The van der Waals surface area contributed by atoms with E-state index in [2.05, 4.69) is 48.5 Å². The van der Waals surface area contributed by atoms with Crippen molar-refractivity contribution in [3.63, 3.8) is 0 Å². The van der Waals surface area contributed by atoms with Crippen LogP contribution in [0.5, 0.6) is 0 Å². The van der Waals surface area contributed by atoms with E-state index in [-0.39, 0.29) is 17.4 Å². The number of amides is 1. The van der Waals surface area contributed by atoms with Crippen molar-refractivity contribution in [1.82, 2.24) is 5.32 Å². The molecule has 3 rings (SSSR count). The van der Waals surface area contributed by atoms with E-state index < -0.39 is 0 Å². The number of thiophene rings is 1. The molecule has 0 saturated heterocycles. The number of nitrogens with one attached hydrogen (secondary N) is 1. The van der Waals surface area contributed by atoms with Crippen LogP contribution in [0.3, 0.4) is 0 Å². The monoisotopic (exact) mass is 357 g/mol. The number of carbonyl (C=O) groups is 1. The predicted molar refractivity (Wildman–Crippen MR) is 106 cm³/mol. The minimum atomic E-state index is -0.0370. The summed E-state index contributed by atoms with van der Waals surface area (Å²) in [5.74, 6) is 0.0589.